The van der Waals surface area contributed by atoms with E-state index in [1.165, 1.54) is 15.6 Å². The van der Waals surface area contributed by atoms with Crippen LogP contribution in [0.3, 0.4) is 0 Å². The molecule has 0 spiro atoms. The van der Waals surface area contributed by atoms with Crippen molar-refractivity contribution >= 4 is 39.6 Å². The van der Waals surface area contributed by atoms with Crippen LogP contribution in [-0.2, 0) is 6.42 Å². The number of methoxy groups -OCH3 is 1. The predicted molar refractivity (Wildman–Crippen MR) is 115 cm³/mol. The average molecular weight is 405 g/mol. The smallest absolute Gasteiger partial charge is 0.179 e. The van der Waals surface area contributed by atoms with Crippen molar-refractivity contribution in [2.45, 2.75) is 19.4 Å². The maximum Gasteiger partial charge on any atom is 0.179 e. The lowest BCUT2D eigenvalue weighted by molar-refractivity contribution is 0.230. The molecule has 1 fully saturated rings. The molecule has 27 heavy (non-hydrogen) atoms. The molecule has 1 unspecified atom stereocenters. The third-order valence-corrected chi connectivity index (χ3v) is 6.13. The number of hydrogen-bond acceptors (Lipinski definition) is 6. The molecule has 1 saturated heterocycles. The number of benzene rings is 1. The molecule has 144 valence electrons. The van der Waals surface area contributed by atoms with Gasteiger partial charge in [-0.15, -0.1) is 23.7 Å². The first-order valence-electron chi connectivity index (χ1n) is 9.04. The van der Waals surface area contributed by atoms with Crippen LogP contribution in [0, 0.1) is 0 Å². The fraction of sp³-hybridized carbons (Fsp3) is 0.400. The number of thiophene rings is 1. The summed E-state index contributed by atoms with van der Waals surface area (Å²) in [5.74, 6) is 1.65. The number of halogens is 1. The SMILES string of the molecule is COc1cncnc1N1CCN(CCc2csc3ccccc23)CC1C.Cl. The van der Waals surface area contributed by atoms with Gasteiger partial charge in [-0.05, 0) is 35.7 Å². The fourth-order valence-corrected chi connectivity index (χ4v) is 4.72. The Balaban J connectivity index is 0.00000210. The van der Waals surface area contributed by atoms with Crippen LogP contribution in [0.2, 0.25) is 0 Å². The van der Waals surface area contributed by atoms with Crippen LogP contribution in [0.25, 0.3) is 10.1 Å². The molecular formula is C20H25ClN4OS. The van der Waals surface area contributed by atoms with Gasteiger partial charge >= 0.3 is 0 Å². The van der Waals surface area contributed by atoms with Gasteiger partial charge in [-0.1, -0.05) is 18.2 Å². The van der Waals surface area contributed by atoms with Crippen molar-refractivity contribution in [3.63, 3.8) is 0 Å². The summed E-state index contributed by atoms with van der Waals surface area (Å²) in [5.41, 5.74) is 1.47. The second-order valence-electron chi connectivity index (χ2n) is 6.76. The van der Waals surface area contributed by atoms with Gasteiger partial charge in [-0.3, -0.25) is 4.90 Å². The molecule has 0 amide bonds. The lowest BCUT2D eigenvalue weighted by Gasteiger charge is -2.40. The number of piperazine rings is 1. The van der Waals surface area contributed by atoms with Crippen LogP contribution in [-0.4, -0.2) is 54.2 Å². The van der Waals surface area contributed by atoms with Crippen molar-refractivity contribution in [1.82, 2.24) is 14.9 Å². The lowest BCUT2D eigenvalue weighted by Crippen LogP contribution is -2.52. The number of ether oxygens (including phenoxy) is 1. The van der Waals surface area contributed by atoms with E-state index in [1.807, 2.05) is 11.3 Å². The first-order valence-corrected chi connectivity index (χ1v) is 9.92. The lowest BCUT2D eigenvalue weighted by atomic mass is 10.1. The molecule has 5 nitrogen and oxygen atoms in total. The summed E-state index contributed by atoms with van der Waals surface area (Å²) in [5, 5.41) is 3.73. The van der Waals surface area contributed by atoms with E-state index in [0.717, 1.165) is 44.2 Å². The highest BCUT2D eigenvalue weighted by Gasteiger charge is 2.26. The van der Waals surface area contributed by atoms with Crippen LogP contribution in [0.4, 0.5) is 5.82 Å². The Morgan fingerprint density at radius 1 is 1.26 bits per heavy atom. The van der Waals surface area contributed by atoms with Crippen LogP contribution < -0.4 is 9.64 Å². The Labute approximate surface area is 170 Å². The number of hydrogen-bond donors (Lipinski definition) is 0. The summed E-state index contributed by atoms with van der Waals surface area (Å²) in [6.07, 6.45) is 4.44. The minimum Gasteiger partial charge on any atom is -0.491 e. The summed E-state index contributed by atoms with van der Waals surface area (Å²) < 4.78 is 6.82. The van der Waals surface area contributed by atoms with Crippen molar-refractivity contribution in [2.24, 2.45) is 0 Å². The Morgan fingerprint density at radius 3 is 2.93 bits per heavy atom. The molecule has 7 heteroatoms. The van der Waals surface area contributed by atoms with Gasteiger partial charge in [-0.2, -0.15) is 0 Å². The van der Waals surface area contributed by atoms with Gasteiger partial charge in [0.1, 0.15) is 6.33 Å². The van der Waals surface area contributed by atoms with Gasteiger partial charge in [0.2, 0.25) is 0 Å². The van der Waals surface area contributed by atoms with E-state index in [1.54, 1.807) is 19.6 Å². The molecule has 1 atom stereocenters. The maximum absolute atomic E-state index is 5.43. The van der Waals surface area contributed by atoms with Crippen molar-refractivity contribution in [3.8, 4) is 5.75 Å². The number of anilines is 1. The van der Waals surface area contributed by atoms with E-state index < -0.39 is 0 Å². The van der Waals surface area contributed by atoms with Crippen molar-refractivity contribution in [1.29, 1.82) is 0 Å². The highest BCUT2D eigenvalue weighted by Crippen LogP contribution is 2.28. The molecule has 1 aliphatic rings. The Bertz CT molecular complexity index is 887. The Morgan fingerprint density at radius 2 is 2.11 bits per heavy atom. The second kappa shape index (κ2) is 8.87. The molecule has 0 radical (unpaired) electrons. The molecule has 0 N–H and O–H groups in total. The topological polar surface area (TPSA) is 41.5 Å². The summed E-state index contributed by atoms with van der Waals surface area (Å²) in [6.45, 7) is 6.39. The van der Waals surface area contributed by atoms with Crippen LogP contribution in [0.1, 0.15) is 12.5 Å². The second-order valence-corrected chi connectivity index (χ2v) is 7.68. The van der Waals surface area contributed by atoms with Crippen LogP contribution >= 0.6 is 23.7 Å². The van der Waals surface area contributed by atoms with Gasteiger partial charge < -0.3 is 9.64 Å². The number of fused-ring (bicyclic) bond motifs is 1. The zero-order valence-corrected chi connectivity index (χ0v) is 17.3. The third kappa shape index (κ3) is 4.18. The largest absolute Gasteiger partial charge is 0.491 e. The Kier molecular flexibility index (Phi) is 6.52. The van der Waals surface area contributed by atoms with Crippen LogP contribution in [0.15, 0.2) is 42.2 Å². The van der Waals surface area contributed by atoms with E-state index >= 15 is 0 Å². The normalized spacial score (nSPS) is 17.7. The Hall–Kier alpha value is -1.89. The molecule has 4 rings (SSSR count). The van der Waals surface area contributed by atoms with Gasteiger partial charge in [-0.25, -0.2) is 9.97 Å². The molecule has 3 aromatic rings. The standard InChI is InChI=1S/C20H24N4OS.ClH/c1-15-12-23(8-7-16-13-26-19-6-4-3-5-17(16)19)9-10-24(15)20-18(25-2)11-21-14-22-20;/h3-6,11,13-15H,7-10,12H2,1-2H3;1H. The van der Waals surface area contributed by atoms with Gasteiger partial charge in [0.05, 0.1) is 13.3 Å². The summed E-state index contributed by atoms with van der Waals surface area (Å²) in [6, 6.07) is 9.09. The number of aromatic nitrogens is 2. The molecule has 2 aromatic heterocycles. The molecule has 0 saturated carbocycles. The molecule has 1 aliphatic heterocycles. The highest BCUT2D eigenvalue weighted by atomic mass is 35.5. The molecule has 0 bridgehead atoms. The summed E-state index contributed by atoms with van der Waals surface area (Å²) in [7, 11) is 1.67. The molecular weight excluding hydrogens is 380 g/mol. The van der Waals surface area contributed by atoms with E-state index in [9.17, 15) is 0 Å². The number of nitrogens with zero attached hydrogens (tertiary/aromatic N) is 4. The third-order valence-electron chi connectivity index (χ3n) is 5.12. The van der Waals surface area contributed by atoms with Crippen molar-refractivity contribution in [3.05, 3.63) is 47.7 Å². The first-order chi connectivity index (χ1) is 12.8. The monoisotopic (exact) mass is 404 g/mol. The quantitative estimate of drug-likeness (QED) is 0.645. The minimum atomic E-state index is 0. The predicted octanol–water partition coefficient (Wildman–Crippen LogP) is 3.87. The summed E-state index contributed by atoms with van der Waals surface area (Å²) in [4.78, 5) is 13.4. The zero-order valence-electron chi connectivity index (χ0n) is 15.7. The van der Waals surface area contributed by atoms with Gasteiger partial charge in [0.25, 0.3) is 0 Å². The van der Waals surface area contributed by atoms with E-state index in [0.29, 0.717) is 6.04 Å². The fourth-order valence-electron chi connectivity index (χ4n) is 3.73. The van der Waals surface area contributed by atoms with Crippen molar-refractivity contribution in [2.75, 3.05) is 38.2 Å². The van der Waals surface area contributed by atoms with E-state index in [4.69, 9.17) is 4.74 Å². The summed E-state index contributed by atoms with van der Waals surface area (Å²) >= 11 is 1.85. The molecule has 1 aromatic carbocycles. The molecule has 0 aliphatic carbocycles. The maximum atomic E-state index is 5.43. The van der Waals surface area contributed by atoms with E-state index in [2.05, 4.69) is 56.3 Å². The van der Waals surface area contributed by atoms with E-state index in [-0.39, 0.29) is 12.4 Å². The van der Waals surface area contributed by atoms with Gasteiger partial charge in [0.15, 0.2) is 11.6 Å². The minimum absolute atomic E-state index is 0. The zero-order chi connectivity index (χ0) is 17.9. The molecule has 3 heterocycles. The first kappa shape index (κ1) is 19.9. The number of rotatable bonds is 5. The average Bonchev–Trinajstić information content (AvgIpc) is 3.10. The van der Waals surface area contributed by atoms with Gasteiger partial charge in [0, 0.05) is 36.9 Å². The highest BCUT2D eigenvalue weighted by molar-refractivity contribution is 7.17. The van der Waals surface area contributed by atoms with Crippen molar-refractivity contribution < 1.29 is 4.74 Å². The van der Waals surface area contributed by atoms with Crippen LogP contribution in [0.5, 0.6) is 5.75 Å².